The van der Waals surface area contributed by atoms with Crippen LogP contribution in [0.1, 0.15) is 47.1 Å². The fourth-order valence-electron chi connectivity index (χ4n) is 3.16. The Morgan fingerprint density at radius 3 is 2.89 bits per heavy atom. The van der Waals surface area contributed by atoms with E-state index in [0.717, 1.165) is 22.6 Å². The number of carbonyl (C=O) groups excluding carboxylic acids is 2. The Morgan fingerprint density at radius 2 is 2.11 bits per heavy atom. The Bertz CT molecular complexity index is 815. The molecular formula is C20H25N3O4. The van der Waals surface area contributed by atoms with Crippen LogP contribution < -0.4 is 4.74 Å². The van der Waals surface area contributed by atoms with E-state index in [1.165, 1.54) is 0 Å². The summed E-state index contributed by atoms with van der Waals surface area (Å²) in [5.74, 6) is 0.464. The van der Waals surface area contributed by atoms with Crippen molar-refractivity contribution in [2.24, 2.45) is 0 Å². The highest BCUT2D eigenvalue weighted by Gasteiger charge is 2.28. The molecule has 27 heavy (non-hydrogen) atoms. The van der Waals surface area contributed by atoms with E-state index >= 15 is 0 Å². The van der Waals surface area contributed by atoms with E-state index < -0.39 is 5.97 Å². The largest absolute Gasteiger partial charge is 0.493 e. The van der Waals surface area contributed by atoms with Crippen LogP contribution in [0.25, 0.3) is 0 Å². The van der Waals surface area contributed by atoms with Gasteiger partial charge in [0.1, 0.15) is 5.75 Å². The number of hydrogen-bond donors (Lipinski definition) is 1. The van der Waals surface area contributed by atoms with Crippen LogP contribution in [0.5, 0.6) is 5.75 Å². The van der Waals surface area contributed by atoms with Gasteiger partial charge in [0.25, 0.3) is 0 Å². The van der Waals surface area contributed by atoms with Gasteiger partial charge in [0.15, 0.2) is 5.69 Å². The van der Waals surface area contributed by atoms with Crippen LogP contribution in [-0.4, -0.2) is 46.7 Å². The Morgan fingerprint density at radius 1 is 1.30 bits per heavy atom. The van der Waals surface area contributed by atoms with Crippen LogP contribution >= 0.6 is 0 Å². The summed E-state index contributed by atoms with van der Waals surface area (Å²) in [4.78, 5) is 26.3. The van der Waals surface area contributed by atoms with E-state index in [0.29, 0.717) is 45.6 Å². The standard InChI is InChI=1S/C20H25N3O4/c1-3-26-20(25)19-15-13-23(11-10-16(15)21-22-19)18(24)9-6-12-27-17-8-5-4-7-14(17)2/h4-5,7-8H,3,6,9-13H2,1-2H3,(H,21,22). The van der Waals surface area contributed by atoms with Gasteiger partial charge >= 0.3 is 5.97 Å². The molecule has 0 atom stereocenters. The predicted molar refractivity (Wildman–Crippen MR) is 99.6 cm³/mol. The molecule has 144 valence electrons. The number of fused-ring (bicyclic) bond motifs is 1. The molecule has 0 spiro atoms. The van der Waals surface area contributed by atoms with Crippen molar-refractivity contribution in [3.8, 4) is 5.75 Å². The normalized spacial score (nSPS) is 13.2. The molecule has 1 N–H and O–H groups in total. The van der Waals surface area contributed by atoms with Gasteiger partial charge in [-0.05, 0) is 31.9 Å². The minimum atomic E-state index is -0.448. The number of para-hydroxylation sites is 1. The van der Waals surface area contributed by atoms with Crippen LogP contribution in [-0.2, 0) is 22.5 Å². The van der Waals surface area contributed by atoms with Gasteiger partial charge in [-0.1, -0.05) is 18.2 Å². The van der Waals surface area contributed by atoms with Crippen molar-refractivity contribution < 1.29 is 19.1 Å². The molecule has 1 aromatic heterocycles. The third-order valence-electron chi connectivity index (χ3n) is 4.64. The summed E-state index contributed by atoms with van der Waals surface area (Å²) in [6.07, 6.45) is 1.72. The zero-order valence-electron chi connectivity index (χ0n) is 15.8. The van der Waals surface area contributed by atoms with Gasteiger partial charge in [-0.15, -0.1) is 0 Å². The molecule has 7 heteroatoms. The zero-order valence-corrected chi connectivity index (χ0v) is 15.8. The molecule has 0 radical (unpaired) electrons. The second-order valence-corrected chi connectivity index (χ2v) is 6.53. The maximum Gasteiger partial charge on any atom is 0.359 e. The quantitative estimate of drug-likeness (QED) is 0.597. The number of aryl methyl sites for hydroxylation is 1. The number of aromatic nitrogens is 2. The lowest BCUT2D eigenvalue weighted by Gasteiger charge is -2.27. The van der Waals surface area contributed by atoms with Crippen molar-refractivity contribution in [2.75, 3.05) is 19.8 Å². The number of H-pyrrole nitrogens is 1. The Hall–Kier alpha value is -2.83. The number of aromatic amines is 1. The molecule has 0 unspecified atom stereocenters. The van der Waals surface area contributed by atoms with Crippen molar-refractivity contribution >= 4 is 11.9 Å². The highest BCUT2D eigenvalue weighted by Crippen LogP contribution is 2.22. The topological polar surface area (TPSA) is 84.5 Å². The molecule has 2 heterocycles. The second-order valence-electron chi connectivity index (χ2n) is 6.53. The molecular weight excluding hydrogens is 346 g/mol. The highest BCUT2D eigenvalue weighted by molar-refractivity contribution is 5.89. The molecule has 1 aliphatic heterocycles. The number of ether oxygens (including phenoxy) is 2. The minimum Gasteiger partial charge on any atom is -0.493 e. The van der Waals surface area contributed by atoms with E-state index in [2.05, 4.69) is 10.2 Å². The lowest BCUT2D eigenvalue weighted by Crippen LogP contribution is -2.36. The zero-order chi connectivity index (χ0) is 19.2. The van der Waals surface area contributed by atoms with E-state index in [9.17, 15) is 9.59 Å². The van der Waals surface area contributed by atoms with Crippen LogP contribution in [0, 0.1) is 6.92 Å². The smallest absolute Gasteiger partial charge is 0.359 e. The fourth-order valence-corrected chi connectivity index (χ4v) is 3.16. The molecule has 0 saturated heterocycles. The van der Waals surface area contributed by atoms with E-state index in [-0.39, 0.29) is 11.6 Å². The van der Waals surface area contributed by atoms with E-state index in [1.807, 2.05) is 31.2 Å². The summed E-state index contributed by atoms with van der Waals surface area (Å²) >= 11 is 0. The van der Waals surface area contributed by atoms with Gasteiger partial charge in [-0.3, -0.25) is 9.89 Å². The summed E-state index contributed by atoms with van der Waals surface area (Å²) in [5, 5.41) is 6.96. The number of esters is 1. The summed E-state index contributed by atoms with van der Waals surface area (Å²) in [7, 11) is 0. The average Bonchev–Trinajstić information content (AvgIpc) is 3.10. The van der Waals surface area contributed by atoms with Crippen molar-refractivity contribution in [2.45, 2.75) is 39.7 Å². The van der Waals surface area contributed by atoms with Gasteiger partial charge in [-0.25, -0.2) is 4.79 Å². The molecule has 1 aromatic carbocycles. The number of amides is 1. The Kier molecular flexibility index (Phi) is 6.11. The van der Waals surface area contributed by atoms with Crippen LogP contribution in [0.2, 0.25) is 0 Å². The highest BCUT2D eigenvalue weighted by atomic mass is 16.5. The Balaban J connectivity index is 1.51. The monoisotopic (exact) mass is 371 g/mol. The summed E-state index contributed by atoms with van der Waals surface area (Å²) < 4.78 is 10.8. The van der Waals surface area contributed by atoms with Gasteiger partial charge in [0, 0.05) is 37.2 Å². The molecule has 1 amide bonds. The first kappa shape index (κ1) is 18.9. The SMILES string of the molecule is CCOC(=O)c1n[nH]c2c1CN(C(=O)CCCOc1ccccc1C)CC2. The van der Waals surface area contributed by atoms with E-state index in [1.54, 1.807) is 11.8 Å². The number of nitrogens with zero attached hydrogens (tertiary/aromatic N) is 2. The molecule has 1 aliphatic rings. The molecule has 0 saturated carbocycles. The first-order chi connectivity index (χ1) is 13.1. The molecule has 3 rings (SSSR count). The minimum absolute atomic E-state index is 0.0602. The van der Waals surface area contributed by atoms with Crippen molar-refractivity contribution in [3.05, 3.63) is 46.8 Å². The maximum atomic E-state index is 12.5. The van der Waals surface area contributed by atoms with Crippen LogP contribution in [0.3, 0.4) is 0 Å². The lowest BCUT2D eigenvalue weighted by atomic mass is 10.0. The third kappa shape index (κ3) is 4.48. The molecule has 0 fully saturated rings. The van der Waals surface area contributed by atoms with Crippen molar-refractivity contribution in [1.29, 1.82) is 0 Å². The average molecular weight is 371 g/mol. The number of nitrogens with one attached hydrogen (secondary N) is 1. The van der Waals surface area contributed by atoms with Crippen molar-refractivity contribution in [1.82, 2.24) is 15.1 Å². The Labute approximate surface area is 158 Å². The maximum absolute atomic E-state index is 12.5. The molecule has 7 nitrogen and oxygen atoms in total. The number of rotatable bonds is 7. The van der Waals surface area contributed by atoms with Crippen LogP contribution in [0.4, 0.5) is 0 Å². The lowest BCUT2D eigenvalue weighted by molar-refractivity contribution is -0.132. The molecule has 2 aromatic rings. The fraction of sp³-hybridized carbons (Fsp3) is 0.450. The van der Waals surface area contributed by atoms with Crippen LogP contribution in [0.15, 0.2) is 24.3 Å². The first-order valence-electron chi connectivity index (χ1n) is 9.29. The van der Waals surface area contributed by atoms with Gasteiger partial charge < -0.3 is 14.4 Å². The summed E-state index contributed by atoms with van der Waals surface area (Å²) in [6, 6.07) is 7.83. The number of hydrogen-bond acceptors (Lipinski definition) is 5. The second kappa shape index (κ2) is 8.70. The van der Waals surface area contributed by atoms with Crippen molar-refractivity contribution in [3.63, 3.8) is 0 Å². The first-order valence-corrected chi connectivity index (χ1v) is 9.29. The van der Waals surface area contributed by atoms with E-state index in [4.69, 9.17) is 9.47 Å². The number of carbonyl (C=O) groups is 2. The third-order valence-corrected chi connectivity index (χ3v) is 4.64. The van der Waals surface area contributed by atoms with Gasteiger partial charge in [0.05, 0.1) is 13.2 Å². The van der Waals surface area contributed by atoms with Gasteiger partial charge in [0.2, 0.25) is 5.91 Å². The summed E-state index contributed by atoms with van der Waals surface area (Å²) in [5.41, 5.74) is 3.04. The summed E-state index contributed by atoms with van der Waals surface area (Å²) in [6.45, 7) is 5.55. The molecule has 0 aliphatic carbocycles. The predicted octanol–water partition coefficient (Wildman–Crippen LogP) is 2.64. The number of benzene rings is 1. The van der Waals surface area contributed by atoms with Gasteiger partial charge in [-0.2, -0.15) is 5.10 Å². The molecule has 0 bridgehead atoms.